The third-order valence-corrected chi connectivity index (χ3v) is 27.3. The molecule has 18 nitrogen and oxygen atoms in total. The molecule has 2 spiro atoms. The first-order valence-electron chi connectivity index (χ1n) is 34.4. The van der Waals surface area contributed by atoms with Gasteiger partial charge in [0.25, 0.3) is 11.8 Å². The highest BCUT2D eigenvalue weighted by atomic mass is 35.5. The van der Waals surface area contributed by atoms with E-state index in [1.54, 1.807) is 88.8 Å². The van der Waals surface area contributed by atoms with Crippen LogP contribution in [-0.4, -0.2) is 113 Å². The molecule has 2 amide bonds. The molecule has 4 bridgehead atoms. The molecule has 14 rings (SSSR count). The minimum Gasteiger partial charge on any atom is -0.490 e. The first-order chi connectivity index (χ1) is 46.8. The van der Waals surface area contributed by atoms with Gasteiger partial charge in [-0.3, -0.25) is 9.59 Å². The lowest BCUT2D eigenvalue weighted by atomic mass is 9.63. The zero-order chi connectivity index (χ0) is 69.1. The molecule has 4 aliphatic heterocycles. The Balaban J connectivity index is 0.000000176. The van der Waals surface area contributed by atoms with Crippen LogP contribution in [-0.2, 0) is 54.9 Å². The molecule has 4 aliphatic carbocycles. The first-order valence-corrected chi connectivity index (χ1v) is 38.3. The van der Waals surface area contributed by atoms with Gasteiger partial charge in [-0.15, -0.1) is 0 Å². The van der Waals surface area contributed by atoms with E-state index in [4.69, 9.17) is 42.1 Å². The van der Waals surface area contributed by atoms with Crippen LogP contribution in [0.3, 0.4) is 0 Å². The predicted molar refractivity (Wildman–Crippen MR) is 380 cm³/mol. The fraction of sp³-hybridized carbons (Fsp3) is 0.474. The average Bonchev–Trinajstić information content (AvgIpc) is 1.31. The number of ether oxygens (including phenoxy) is 4. The molecule has 6 aromatic rings. The molecule has 0 unspecified atom stereocenters. The van der Waals surface area contributed by atoms with Gasteiger partial charge in [0.05, 0.1) is 60.7 Å². The lowest BCUT2D eigenvalue weighted by molar-refractivity contribution is -0.0534. The fourth-order valence-corrected chi connectivity index (χ4v) is 19.6. The smallest absolute Gasteiger partial charge is 0.264 e. The minimum atomic E-state index is -4.02. The summed E-state index contributed by atoms with van der Waals surface area (Å²) in [6.07, 6.45) is 17.2. The van der Waals surface area contributed by atoms with Crippen molar-refractivity contribution in [2.24, 2.45) is 35.5 Å². The van der Waals surface area contributed by atoms with E-state index in [9.17, 15) is 36.6 Å². The molecular weight excluding hydrogens is 1320 g/mol. The highest BCUT2D eigenvalue weighted by Crippen LogP contribution is 2.53. The third kappa shape index (κ3) is 13.3. The Morgan fingerprint density at radius 1 is 0.561 bits per heavy atom. The Bertz CT molecular complexity index is 4080. The average molecular weight is 1410 g/mol. The number of allylic oxidation sites excluding steroid dienone is 2. The number of sulfonamides is 2. The maximum atomic E-state index is 13.5. The number of rotatable bonds is 4. The number of nitrogens with zero attached hydrogens (tertiary/aromatic N) is 4. The van der Waals surface area contributed by atoms with Gasteiger partial charge in [0, 0.05) is 82.1 Å². The molecule has 6 heterocycles. The minimum absolute atomic E-state index is 0.0843. The number of nitrogens with one attached hydrogen (secondary N) is 2. The van der Waals surface area contributed by atoms with Crippen molar-refractivity contribution < 1.29 is 55.6 Å². The number of hydrogen-bond donors (Lipinski definition) is 4. The molecule has 520 valence electrons. The number of pyridine rings is 2. The number of aliphatic hydroxyl groups is 2. The summed E-state index contributed by atoms with van der Waals surface area (Å²) in [6, 6.07) is 33.4. The molecular formula is C76H88Cl2N6O12S2. The number of amides is 2. The number of aromatic nitrogens is 2. The monoisotopic (exact) mass is 1410 g/mol. The number of benzene rings is 4. The van der Waals surface area contributed by atoms with Crippen LogP contribution in [0.1, 0.15) is 146 Å². The zero-order valence-corrected chi connectivity index (χ0v) is 59.5. The molecule has 22 heteroatoms. The summed E-state index contributed by atoms with van der Waals surface area (Å²) >= 11 is 12.9. The van der Waals surface area contributed by atoms with Crippen LogP contribution < -0.4 is 38.2 Å². The number of methoxy groups -OCH3 is 2. The summed E-state index contributed by atoms with van der Waals surface area (Å²) in [4.78, 5) is 41.0. The molecule has 2 aromatic heterocycles. The van der Waals surface area contributed by atoms with Crippen molar-refractivity contribution in [1.82, 2.24) is 19.4 Å². The van der Waals surface area contributed by atoms with E-state index >= 15 is 0 Å². The van der Waals surface area contributed by atoms with Gasteiger partial charge in [-0.25, -0.2) is 36.2 Å². The van der Waals surface area contributed by atoms with Crippen LogP contribution in [0.4, 0.5) is 11.4 Å². The second kappa shape index (κ2) is 27.4. The van der Waals surface area contributed by atoms with Gasteiger partial charge in [0.1, 0.15) is 22.7 Å². The third-order valence-electron chi connectivity index (χ3n) is 23.0. The standard InChI is InChI=1S/2C38H44ClN3O6S/c2*1-24-7-5-18-38(44,34-9-4-10-35(40-34)47-3)31-14-11-28(31)21-42-22-37(17-6-8-26-19-29(39)13-15-30(26)37)23-48-33-16-12-27(20-32(33)42)36(43)41-49(45,46)25(24)2/h2*4-5,9-10,12-13,15-16,18-20,24-25,28,31,44H,6-8,11,14,17,21-23H2,1-3H3,(H,41,43)/b2*18-5+/t24-,25+,28-,31+,37-,38+;24-,25+,28-,31+,37-,38-/m00/s1. The van der Waals surface area contributed by atoms with Crippen molar-refractivity contribution in [3.8, 4) is 23.3 Å². The number of anilines is 2. The van der Waals surface area contributed by atoms with Gasteiger partial charge in [0.2, 0.25) is 31.8 Å². The Morgan fingerprint density at radius 2 is 0.980 bits per heavy atom. The lowest BCUT2D eigenvalue weighted by Gasteiger charge is -2.49. The maximum Gasteiger partial charge on any atom is 0.264 e. The van der Waals surface area contributed by atoms with E-state index in [-0.39, 0.29) is 57.5 Å². The summed E-state index contributed by atoms with van der Waals surface area (Å²) in [5.74, 6) is -0.0683. The van der Waals surface area contributed by atoms with Crippen molar-refractivity contribution >= 4 is 66.4 Å². The van der Waals surface area contributed by atoms with Gasteiger partial charge in [-0.05, 0) is 210 Å². The van der Waals surface area contributed by atoms with Gasteiger partial charge < -0.3 is 39.0 Å². The van der Waals surface area contributed by atoms with Gasteiger partial charge in [-0.1, -0.05) is 85.6 Å². The van der Waals surface area contributed by atoms with Crippen LogP contribution in [0.5, 0.6) is 23.3 Å². The summed E-state index contributed by atoms with van der Waals surface area (Å²) in [6.45, 7) is 10.2. The SMILES string of the molecule is COc1cccc([C@@]2(O)/C=C/C[C@H](C)[C@@H](C)S(=O)(=O)NC(=O)c3ccc4c(c3)N(C[C@@H]3CC[C@H]32)C[C@@]2(CCCc3cc(Cl)ccc32)CO4)n1.COc1cccc([C@]2(O)/C=C/C[C@H](C)[C@@H](C)S(=O)(=O)NC(=O)c3ccc4c(c3)N(C[C@@H]3CC[C@H]32)C[C@@]2(CCCc3cc(Cl)ccc32)CO4)n1. The van der Waals surface area contributed by atoms with E-state index in [0.29, 0.717) is 96.9 Å². The van der Waals surface area contributed by atoms with E-state index in [2.05, 4.69) is 53.5 Å². The summed E-state index contributed by atoms with van der Waals surface area (Å²) < 4.78 is 82.6. The van der Waals surface area contributed by atoms with Crippen LogP contribution in [0.15, 0.2) is 133 Å². The quantitative estimate of drug-likeness (QED) is 0.120. The fourth-order valence-electron chi connectivity index (χ4n) is 16.6. The van der Waals surface area contributed by atoms with Crippen LogP contribution in [0.25, 0.3) is 0 Å². The molecule has 4 N–H and O–H groups in total. The molecule has 8 aliphatic rings. The second-order valence-corrected chi connectivity index (χ2v) is 33.8. The summed E-state index contributed by atoms with van der Waals surface area (Å²) in [7, 11) is -4.92. The topological polar surface area (TPSA) is 236 Å². The molecule has 0 saturated heterocycles. The number of aryl methyl sites for hydroxylation is 2. The number of fused-ring (bicyclic) bond motifs is 8. The van der Waals surface area contributed by atoms with Crippen molar-refractivity contribution in [2.45, 2.75) is 137 Å². The Hall–Kier alpha value is -7.20. The van der Waals surface area contributed by atoms with Crippen LogP contribution >= 0.6 is 23.2 Å². The number of carbonyl (C=O) groups is 2. The lowest BCUT2D eigenvalue weighted by Crippen LogP contribution is -2.51. The molecule has 98 heavy (non-hydrogen) atoms. The Kier molecular flexibility index (Phi) is 19.4. The molecule has 0 radical (unpaired) electrons. The second-order valence-electron chi connectivity index (χ2n) is 28.8. The van der Waals surface area contributed by atoms with Crippen molar-refractivity contribution in [2.75, 3.05) is 63.4 Å². The van der Waals surface area contributed by atoms with E-state index < -0.39 is 53.6 Å². The van der Waals surface area contributed by atoms with Gasteiger partial charge in [0.15, 0.2) is 0 Å². The maximum absolute atomic E-state index is 13.5. The van der Waals surface area contributed by atoms with E-state index in [0.717, 1.165) is 75.6 Å². The Labute approximate surface area is 585 Å². The number of hydrogen-bond acceptors (Lipinski definition) is 16. The number of carbonyl (C=O) groups excluding carboxylic acids is 2. The zero-order valence-electron chi connectivity index (χ0n) is 56.4. The molecule has 2 fully saturated rings. The highest BCUT2D eigenvalue weighted by molar-refractivity contribution is 7.91. The predicted octanol–water partition coefficient (Wildman–Crippen LogP) is 12.3. The largest absolute Gasteiger partial charge is 0.490 e. The summed E-state index contributed by atoms with van der Waals surface area (Å²) in [5.41, 5.74) is 4.36. The van der Waals surface area contributed by atoms with Crippen molar-refractivity contribution in [1.29, 1.82) is 0 Å². The molecule has 2 saturated carbocycles. The summed E-state index contributed by atoms with van der Waals surface area (Å²) in [5, 5.41) is 25.0. The highest BCUT2D eigenvalue weighted by Gasteiger charge is 2.52. The van der Waals surface area contributed by atoms with E-state index in [1.165, 1.54) is 22.3 Å². The van der Waals surface area contributed by atoms with Crippen LogP contribution in [0.2, 0.25) is 10.0 Å². The first kappa shape index (κ1) is 69.3. The molecule has 4 aromatic carbocycles. The molecule has 12 atom stereocenters. The van der Waals surface area contributed by atoms with E-state index in [1.807, 2.05) is 62.4 Å². The van der Waals surface area contributed by atoms with Crippen LogP contribution in [0, 0.1) is 35.5 Å². The van der Waals surface area contributed by atoms with Crippen molar-refractivity contribution in [3.63, 3.8) is 0 Å². The number of halogens is 2. The van der Waals surface area contributed by atoms with Crippen molar-refractivity contribution in [3.05, 3.63) is 188 Å². The normalized spacial score (nSPS) is 31.6. The Morgan fingerprint density at radius 3 is 1.37 bits per heavy atom. The van der Waals surface area contributed by atoms with Gasteiger partial charge in [-0.2, -0.15) is 0 Å². The van der Waals surface area contributed by atoms with Gasteiger partial charge >= 0.3 is 0 Å².